The molecule has 1 aliphatic heterocycles. The molecule has 2 N–H and O–H groups in total. The average molecular weight is 249 g/mol. The lowest BCUT2D eigenvalue weighted by Crippen LogP contribution is -2.14. The summed E-state index contributed by atoms with van der Waals surface area (Å²) in [5.74, 6) is -0.340. The van der Waals surface area contributed by atoms with Crippen molar-refractivity contribution < 1.29 is 8.78 Å². The van der Waals surface area contributed by atoms with E-state index in [1.807, 2.05) is 0 Å². The molecule has 0 saturated carbocycles. The number of aromatic amines is 1. The predicted octanol–water partition coefficient (Wildman–Crippen LogP) is 2.78. The molecular formula is C13H13F2N3. The molecule has 0 spiro atoms. The molecule has 0 aliphatic carbocycles. The molecule has 1 saturated heterocycles. The van der Waals surface area contributed by atoms with Gasteiger partial charge in [0.15, 0.2) is 0 Å². The van der Waals surface area contributed by atoms with Crippen LogP contribution in [0.1, 0.15) is 24.7 Å². The summed E-state index contributed by atoms with van der Waals surface area (Å²) in [7, 11) is 0. The molecule has 0 radical (unpaired) electrons. The van der Waals surface area contributed by atoms with Crippen LogP contribution in [-0.2, 0) is 0 Å². The third kappa shape index (κ3) is 2.13. The molecule has 18 heavy (non-hydrogen) atoms. The smallest absolute Gasteiger partial charge is 0.126 e. The maximum atomic E-state index is 13.1. The van der Waals surface area contributed by atoms with Crippen molar-refractivity contribution in [3.8, 4) is 11.3 Å². The van der Waals surface area contributed by atoms with Gasteiger partial charge >= 0.3 is 0 Å². The third-order valence-corrected chi connectivity index (χ3v) is 3.16. The van der Waals surface area contributed by atoms with Crippen molar-refractivity contribution >= 4 is 0 Å². The molecule has 1 aliphatic rings. The van der Waals surface area contributed by atoms with E-state index in [1.165, 1.54) is 12.1 Å². The van der Waals surface area contributed by atoms with Crippen molar-refractivity contribution in [3.05, 3.63) is 41.9 Å². The van der Waals surface area contributed by atoms with Crippen LogP contribution in [0.4, 0.5) is 8.78 Å². The van der Waals surface area contributed by atoms with Crippen molar-refractivity contribution in [2.75, 3.05) is 6.54 Å². The predicted molar refractivity (Wildman–Crippen MR) is 63.9 cm³/mol. The number of imidazole rings is 1. The minimum Gasteiger partial charge on any atom is -0.341 e. The normalized spacial score (nSPS) is 19.3. The number of rotatable bonds is 2. The van der Waals surface area contributed by atoms with Crippen LogP contribution < -0.4 is 5.32 Å². The van der Waals surface area contributed by atoms with E-state index in [2.05, 4.69) is 15.3 Å². The van der Waals surface area contributed by atoms with Gasteiger partial charge in [0, 0.05) is 11.6 Å². The van der Waals surface area contributed by atoms with Gasteiger partial charge in [-0.05, 0) is 31.5 Å². The number of hydrogen-bond acceptors (Lipinski definition) is 2. The lowest BCUT2D eigenvalue weighted by molar-refractivity contribution is 0.584. The second-order valence-corrected chi connectivity index (χ2v) is 4.49. The number of nitrogens with zero attached hydrogens (tertiary/aromatic N) is 1. The van der Waals surface area contributed by atoms with Gasteiger partial charge in [0.05, 0.1) is 17.9 Å². The number of hydrogen-bond donors (Lipinski definition) is 2. The molecule has 1 unspecified atom stereocenters. The van der Waals surface area contributed by atoms with Gasteiger partial charge in [-0.2, -0.15) is 0 Å². The Morgan fingerprint density at radius 1 is 1.17 bits per heavy atom. The van der Waals surface area contributed by atoms with Crippen LogP contribution in [0.3, 0.4) is 0 Å². The van der Waals surface area contributed by atoms with Crippen molar-refractivity contribution in [1.82, 2.24) is 15.3 Å². The van der Waals surface area contributed by atoms with E-state index in [0.29, 0.717) is 11.3 Å². The van der Waals surface area contributed by atoms with Crippen LogP contribution in [0.5, 0.6) is 0 Å². The van der Waals surface area contributed by atoms with Crippen LogP contribution in [0.25, 0.3) is 11.3 Å². The standard InChI is InChI=1S/C13H13F2N3/c14-9-4-8(5-10(15)6-9)12-7-17-13(18-12)11-2-1-3-16-11/h4-7,11,16H,1-3H2,(H,17,18). The molecule has 1 aromatic carbocycles. The first-order valence-electron chi connectivity index (χ1n) is 5.97. The Bertz CT molecular complexity index is 539. The Morgan fingerprint density at radius 3 is 2.61 bits per heavy atom. The Kier molecular flexibility index (Phi) is 2.83. The Morgan fingerprint density at radius 2 is 1.94 bits per heavy atom. The Balaban J connectivity index is 1.92. The highest BCUT2D eigenvalue weighted by Crippen LogP contribution is 2.24. The number of aromatic nitrogens is 2. The fourth-order valence-electron chi connectivity index (χ4n) is 2.29. The summed E-state index contributed by atoms with van der Waals surface area (Å²) in [4.78, 5) is 7.39. The zero-order valence-electron chi connectivity index (χ0n) is 9.71. The van der Waals surface area contributed by atoms with Crippen molar-refractivity contribution in [3.63, 3.8) is 0 Å². The molecule has 5 heteroatoms. The molecule has 0 bridgehead atoms. The summed E-state index contributed by atoms with van der Waals surface area (Å²) < 4.78 is 26.3. The van der Waals surface area contributed by atoms with Crippen LogP contribution in [-0.4, -0.2) is 16.5 Å². The molecular weight excluding hydrogens is 236 g/mol. The van der Waals surface area contributed by atoms with E-state index in [0.717, 1.165) is 31.3 Å². The number of nitrogens with one attached hydrogen (secondary N) is 2. The number of halogens is 2. The van der Waals surface area contributed by atoms with Crippen molar-refractivity contribution in [1.29, 1.82) is 0 Å². The van der Waals surface area contributed by atoms with Gasteiger partial charge in [0.2, 0.25) is 0 Å². The zero-order chi connectivity index (χ0) is 12.5. The molecule has 0 amide bonds. The maximum Gasteiger partial charge on any atom is 0.126 e. The topological polar surface area (TPSA) is 40.7 Å². The highest BCUT2D eigenvalue weighted by atomic mass is 19.1. The Hall–Kier alpha value is -1.75. The second-order valence-electron chi connectivity index (χ2n) is 4.49. The lowest BCUT2D eigenvalue weighted by atomic mass is 10.1. The summed E-state index contributed by atoms with van der Waals surface area (Å²) in [5, 5.41) is 3.32. The SMILES string of the molecule is Fc1cc(F)cc(-c2cnc(C3CCCN3)[nH]2)c1. The maximum absolute atomic E-state index is 13.1. The lowest BCUT2D eigenvalue weighted by Gasteiger charge is -2.05. The van der Waals surface area contributed by atoms with Gasteiger partial charge < -0.3 is 10.3 Å². The summed E-state index contributed by atoms with van der Waals surface area (Å²) in [5.41, 5.74) is 1.11. The minimum atomic E-state index is -0.583. The van der Waals surface area contributed by atoms with E-state index >= 15 is 0 Å². The van der Waals surface area contributed by atoms with Crippen LogP contribution in [0, 0.1) is 11.6 Å². The first-order valence-corrected chi connectivity index (χ1v) is 5.97. The Labute approximate surface area is 103 Å². The minimum absolute atomic E-state index is 0.220. The van der Waals surface area contributed by atoms with Gasteiger partial charge in [-0.1, -0.05) is 0 Å². The van der Waals surface area contributed by atoms with Crippen molar-refractivity contribution in [2.24, 2.45) is 0 Å². The van der Waals surface area contributed by atoms with Crippen molar-refractivity contribution in [2.45, 2.75) is 18.9 Å². The van der Waals surface area contributed by atoms with E-state index < -0.39 is 11.6 Å². The zero-order valence-corrected chi connectivity index (χ0v) is 9.71. The van der Waals surface area contributed by atoms with E-state index in [1.54, 1.807) is 6.20 Å². The fourth-order valence-corrected chi connectivity index (χ4v) is 2.29. The first-order chi connectivity index (χ1) is 8.72. The van der Waals surface area contributed by atoms with Gasteiger partial charge in [0.25, 0.3) is 0 Å². The largest absolute Gasteiger partial charge is 0.341 e. The number of H-pyrrole nitrogens is 1. The van der Waals surface area contributed by atoms with Crippen LogP contribution >= 0.6 is 0 Å². The van der Waals surface area contributed by atoms with E-state index in [9.17, 15) is 8.78 Å². The molecule has 2 aromatic rings. The fraction of sp³-hybridized carbons (Fsp3) is 0.308. The van der Waals surface area contributed by atoms with Gasteiger partial charge in [-0.25, -0.2) is 13.8 Å². The van der Waals surface area contributed by atoms with Crippen LogP contribution in [0.15, 0.2) is 24.4 Å². The molecule has 1 aromatic heterocycles. The van der Waals surface area contributed by atoms with Gasteiger partial charge in [-0.3, -0.25) is 0 Å². The highest BCUT2D eigenvalue weighted by Gasteiger charge is 2.19. The molecule has 2 heterocycles. The second kappa shape index (κ2) is 4.49. The van der Waals surface area contributed by atoms with Gasteiger partial charge in [-0.15, -0.1) is 0 Å². The molecule has 1 atom stereocenters. The summed E-state index contributed by atoms with van der Waals surface area (Å²) >= 11 is 0. The molecule has 3 rings (SSSR count). The average Bonchev–Trinajstić information content (AvgIpc) is 2.99. The summed E-state index contributed by atoms with van der Waals surface area (Å²) in [6.07, 6.45) is 3.77. The quantitative estimate of drug-likeness (QED) is 0.859. The molecule has 1 fully saturated rings. The number of benzene rings is 1. The van der Waals surface area contributed by atoms with E-state index in [-0.39, 0.29) is 6.04 Å². The van der Waals surface area contributed by atoms with Gasteiger partial charge in [0.1, 0.15) is 17.5 Å². The molecule has 3 nitrogen and oxygen atoms in total. The summed E-state index contributed by atoms with van der Waals surface area (Å²) in [6, 6.07) is 3.67. The third-order valence-electron chi connectivity index (χ3n) is 3.16. The highest BCUT2D eigenvalue weighted by molar-refractivity contribution is 5.58. The first kappa shape index (κ1) is 11.3. The summed E-state index contributed by atoms with van der Waals surface area (Å²) in [6.45, 7) is 0.981. The van der Waals surface area contributed by atoms with E-state index in [4.69, 9.17) is 0 Å². The van der Waals surface area contributed by atoms with Crippen LogP contribution in [0.2, 0.25) is 0 Å². The molecule has 94 valence electrons. The monoisotopic (exact) mass is 249 g/mol.